The van der Waals surface area contributed by atoms with Crippen molar-refractivity contribution in [3.8, 4) is 0 Å². The predicted molar refractivity (Wildman–Crippen MR) is 69.8 cm³/mol. The molecule has 98 valence electrons. The van der Waals surface area contributed by atoms with Crippen LogP contribution in [-0.4, -0.2) is 15.7 Å². The number of aromatic nitrogens is 2. The fraction of sp³-hybridized carbons (Fsp3) is 0.0833. The zero-order valence-electron chi connectivity index (χ0n) is 9.92. The highest BCUT2D eigenvalue weighted by Gasteiger charge is 2.06. The zero-order chi connectivity index (χ0) is 14.0. The van der Waals surface area contributed by atoms with Crippen molar-refractivity contribution in [1.29, 1.82) is 0 Å². The second-order valence-electron chi connectivity index (χ2n) is 4.01. The summed E-state index contributed by atoms with van der Waals surface area (Å²) in [5.41, 5.74) is 11.4. The van der Waals surface area contributed by atoms with E-state index in [0.717, 1.165) is 10.7 Å². The molecule has 2 rings (SSSR count). The van der Waals surface area contributed by atoms with Crippen LogP contribution in [0.2, 0.25) is 0 Å². The van der Waals surface area contributed by atoms with Crippen LogP contribution in [0.3, 0.4) is 0 Å². The quantitative estimate of drug-likeness (QED) is 0.629. The van der Waals surface area contributed by atoms with Crippen LogP contribution < -0.4 is 22.6 Å². The maximum Gasteiger partial charge on any atom is 0.265 e. The molecule has 1 aromatic carbocycles. The van der Waals surface area contributed by atoms with Gasteiger partial charge < -0.3 is 11.5 Å². The molecule has 0 aliphatic rings. The zero-order valence-corrected chi connectivity index (χ0v) is 9.92. The van der Waals surface area contributed by atoms with Crippen molar-refractivity contribution in [2.45, 2.75) is 6.54 Å². The number of nitrogens with one attached hydrogen (secondary N) is 1. The molecule has 7 heteroatoms. The Balaban J connectivity index is 2.39. The van der Waals surface area contributed by atoms with Crippen molar-refractivity contribution in [2.75, 3.05) is 5.73 Å². The lowest BCUT2D eigenvalue weighted by atomic mass is 10.1. The molecule has 2 aromatic rings. The van der Waals surface area contributed by atoms with Crippen LogP contribution >= 0.6 is 0 Å². The Hall–Kier alpha value is -2.83. The molecule has 0 aliphatic heterocycles. The first kappa shape index (κ1) is 12.6. The third-order valence-electron chi connectivity index (χ3n) is 2.65. The van der Waals surface area contributed by atoms with Gasteiger partial charge in [-0.2, -0.15) is 0 Å². The number of hydrogen-bond acceptors (Lipinski definition) is 4. The molecule has 0 saturated heterocycles. The van der Waals surface area contributed by atoms with Crippen molar-refractivity contribution in [1.82, 2.24) is 9.78 Å². The Kier molecular flexibility index (Phi) is 3.19. The molecule has 0 aliphatic carbocycles. The molecule has 0 radical (unpaired) electrons. The van der Waals surface area contributed by atoms with Gasteiger partial charge in [-0.25, -0.2) is 4.68 Å². The van der Waals surface area contributed by atoms with Crippen LogP contribution in [0.1, 0.15) is 15.9 Å². The van der Waals surface area contributed by atoms with Crippen molar-refractivity contribution in [2.24, 2.45) is 5.73 Å². The van der Waals surface area contributed by atoms with Gasteiger partial charge in [0.1, 0.15) is 0 Å². The van der Waals surface area contributed by atoms with E-state index in [1.54, 1.807) is 6.07 Å². The number of hydrogen-bond donors (Lipinski definition) is 3. The third-order valence-corrected chi connectivity index (χ3v) is 2.65. The molecule has 1 heterocycles. The Labute approximate surface area is 107 Å². The predicted octanol–water partition coefficient (Wildman–Crippen LogP) is -0.734. The van der Waals surface area contributed by atoms with Crippen LogP contribution in [0.4, 0.5) is 5.69 Å². The van der Waals surface area contributed by atoms with Gasteiger partial charge in [-0.15, -0.1) is 0 Å². The summed E-state index contributed by atoms with van der Waals surface area (Å²) >= 11 is 0. The summed E-state index contributed by atoms with van der Waals surface area (Å²) in [7, 11) is 0. The van der Waals surface area contributed by atoms with E-state index in [1.807, 2.05) is 0 Å². The van der Waals surface area contributed by atoms with Gasteiger partial charge in [0.2, 0.25) is 5.91 Å². The van der Waals surface area contributed by atoms with Gasteiger partial charge in [0.25, 0.3) is 11.1 Å². The molecule has 5 N–H and O–H groups in total. The number of amides is 1. The van der Waals surface area contributed by atoms with Gasteiger partial charge in [-0.3, -0.25) is 19.5 Å². The van der Waals surface area contributed by atoms with Crippen LogP contribution in [0.15, 0.2) is 39.9 Å². The molecule has 19 heavy (non-hydrogen) atoms. The van der Waals surface area contributed by atoms with E-state index >= 15 is 0 Å². The number of aromatic amines is 1. The monoisotopic (exact) mass is 260 g/mol. The number of primary amides is 1. The SMILES string of the molecule is NC(=O)c1ccc(Cn2[nH]c(=O)ccc2=O)c(N)c1. The summed E-state index contributed by atoms with van der Waals surface area (Å²) < 4.78 is 1.14. The van der Waals surface area contributed by atoms with Crippen LogP contribution in [0.5, 0.6) is 0 Å². The average molecular weight is 260 g/mol. The number of benzene rings is 1. The van der Waals surface area contributed by atoms with Gasteiger partial charge in [0.05, 0.1) is 6.54 Å². The summed E-state index contributed by atoms with van der Waals surface area (Å²) in [4.78, 5) is 33.7. The van der Waals surface area contributed by atoms with E-state index in [0.29, 0.717) is 11.3 Å². The van der Waals surface area contributed by atoms with E-state index in [4.69, 9.17) is 11.5 Å². The van der Waals surface area contributed by atoms with E-state index in [-0.39, 0.29) is 23.2 Å². The molecule has 0 saturated carbocycles. The first-order valence-electron chi connectivity index (χ1n) is 5.46. The molecule has 0 bridgehead atoms. The van der Waals surface area contributed by atoms with Crippen molar-refractivity contribution in [3.63, 3.8) is 0 Å². The summed E-state index contributed by atoms with van der Waals surface area (Å²) in [6.07, 6.45) is 0. The maximum absolute atomic E-state index is 11.5. The number of rotatable bonds is 3. The van der Waals surface area contributed by atoms with Crippen molar-refractivity contribution in [3.05, 3.63) is 62.2 Å². The van der Waals surface area contributed by atoms with Crippen LogP contribution in [0, 0.1) is 0 Å². The first-order valence-corrected chi connectivity index (χ1v) is 5.46. The van der Waals surface area contributed by atoms with E-state index in [1.165, 1.54) is 18.2 Å². The third kappa shape index (κ3) is 2.71. The number of nitrogen functional groups attached to an aromatic ring is 1. The molecule has 0 unspecified atom stereocenters. The van der Waals surface area contributed by atoms with Gasteiger partial charge in [0.15, 0.2) is 0 Å². The molecule has 0 fully saturated rings. The lowest BCUT2D eigenvalue weighted by Crippen LogP contribution is -2.28. The van der Waals surface area contributed by atoms with Crippen molar-refractivity contribution < 1.29 is 4.79 Å². The Morgan fingerprint density at radius 3 is 2.58 bits per heavy atom. The summed E-state index contributed by atoms with van der Waals surface area (Å²) in [5, 5.41) is 2.39. The number of H-pyrrole nitrogens is 1. The second-order valence-corrected chi connectivity index (χ2v) is 4.01. The highest BCUT2D eigenvalue weighted by Crippen LogP contribution is 2.14. The fourth-order valence-electron chi connectivity index (χ4n) is 1.64. The summed E-state index contributed by atoms with van der Waals surface area (Å²) in [6.45, 7) is 0.111. The topological polar surface area (TPSA) is 124 Å². The standard InChI is InChI=1S/C12H12N4O3/c13-9-5-7(12(14)19)1-2-8(9)6-16-11(18)4-3-10(17)15-16/h1-5H,6,13H2,(H2,14,19)(H,15,17). The highest BCUT2D eigenvalue weighted by molar-refractivity contribution is 5.93. The molecular weight excluding hydrogens is 248 g/mol. The lowest BCUT2D eigenvalue weighted by Gasteiger charge is -2.08. The van der Waals surface area contributed by atoms with Crippen LogP contribution in [0.25, 0.3) is 0 Å². The normalized spacial score (nSPS) is 10.3. The minimum atomic E-state index is -0.580. The van der Waals surface area contributed by atoms with Crippen LogP contribution in [-0.2, 0) is 6.54 Å². The Bertz CT molecular complexity index is 745. The van der Waals surface area contributed by atoms with Crippen molar-refractivity contribution >= 4 is 11.6 Å². The Morgan fingerprint density at radius 1 is 1.21 bits per heavy atom. The summed E-state index contributed by atoms with van der Waals surface area (Å²) in [5.74, 6) is -0.580. The number of anilines is 1. The van der Waals surface area contributed by atoms with Gasteiger partial charge in [0, 0.05) is 23.4 Å². The highest BCUT2D eigenvalue weighted by atomic mass is 16.2. The minimum Gasteiger partial charge on any atom is -0.398 e. The number of carbonyl (C=O) groups is 1. The van der Waals surface area contributed by atoms with E-state index in [2.05, 4.69) is 5.10 Å². The van der Waals surface area contributed by atoms with E-state index in [9.17, 15) is 14.4 Å². The fourth-order valence-corrected chi connectivity index (χ4v) is 1.64. The average Bonchev–Trinajstić information content (AvgIpc) is 2.36. The smallest absolute Gasteiger partial charge is 0.265 e. The molecule has 7 nitrogen and oxygen atoms in total. The number of nitrogens with two attached hydrogens (primary N) is 2. The molecule has 0 spiro atoms. The number of nitrogens with zero attached hydrogens (tertiary/aromatic N) is 1. The molecule has 1 amide bonds. The first-order chi connectivity index (χ1) is 8.97. The lowest BCUT2D eigenvalue weighted by molar-refractivity contribution is 0.100. The van der Waals surface area contributed by atoms with Gasteiger partial charge in [-0.1, -0.05) is 6.07 Å². The largest absolute Gasteiger partial charge is 0.398 e. The molecular formula is C12H12N4O3. The van der Waals surface area contributed by atoms with E-state index < -0.39 is 5.91 Å². The maximum atomic E-state index is 11.5. The van der Waals surface area contributed by atoms with Gasteiger partial charge >= 0.3 is 0 Å². The molecule has 1 aromatic heterocycles. The molecule has 0 atom stereocenters. The summed E-state index contributed by atoms with van der Waals surface area (Å²) in [6, 6.07) is 6.86. The Morgan fingerprint density at radius 2 is 1.95 bits per heavy atom. The second kappa shape index (κ2) is 4.81. The minimum absolute atomic E-state index is 0.111. The van der Waals surface area contributed by atoms with Gasteiger partial charge in [-0.05, 0) is 17.7 Å². The number of carbonyl (C=O) groups excluding carboxylic acids is 1.